The minimum absolute atomic E-state index is 0.942. The minimum atomic E-state index is 0.942. The lowest BCUT2D eigenvalue weighted by atomic mass is 10.1. The zero-order valence-corrected chi connectivity index (χ0v) is 12.0. The number of nitrogens with zero attached hydrogens (tertiary/aromatic N) is 3. The average Bonchev–Trinajstić information content (AvgIpc) is 2.72. The Kier molecular flexibility index (Phi) is 4.42. The molecule has 0 saturated heterocycles. The Hall–Kier alpha value is -1.29. The van der Waals surface area contributed by atoms with Gasteiger partial charge in [-0.15, -0.1) is 10.2 Å². The summed E-state index contributed by atoms with van der Waals surface area (Å²) in [6, 6.07) is 8.38. The van der Waals surface area contributed by atoms with Crippen LogP contribution in [0.5, 0.6) is 0 Å². The number of aryl methyl sites for hydroxylation is 1. The highest BCUT2D eigenvalue weighted by Crippen LogP contribution is 2.23. The lowest BCUT2D eigenvalue weighted by Crippen LogP contribution is -1.95. The van der Waals surface area contributed by atoms with Gasteiger partial charge in [0.1, 0.15) is 0 Å². The molecule has 0 saturated carbocycles. The zero-order chi connectivity index (χ0) is 13.0. The Morgan fingerprint density at radius 3 is 2.83 bits per heavy atom. The second-order valence-corrected chi connectivity index (χ2v) is 5.50. The summed E-state index contributed by atoms with van der Waals surface area (Å²) in [5, 5.41) is 9.57. The van der Waals surface area contributed by atoms with E-state index in [2.05, 4.69) is 52.9 Å². The van der Waals surface area contributed by atoms with Crippen LogP contribution in [0, 0.1) is 6.92 Å². The predicted octanol–water partition coefficient (Wildman–Crippen LogP) is 3.68. The van der Waals surface area contributed by atoms with Crippen molar-refractivity contribution in [3.63, 3.8) is 0 Å². The summed E-state index contributed by atoms with van der Waals surface area (Å²) in [4.78, 5) is 0. The predicted molar refractivity (Wildman–Crippen MR) is 76.8 cm³/mol. The molecule has 4 heteroatoms. The molecule has 1 heterocycles. The quantitative estimate of drug-likeness (QED) is 0.607. The van der Waals surface area contributed by atoms with Gasteiger partial charge in [0.15, 0.2) is 11.0 Å². The third kappa shape index (κ3) is 2.93. The summed E-state index contributed by atoms with van der Waals surface area (Å²) < 4.78 is 2.08. The Balaban J connectivity index is 2.20. The largest absolute Gasteiger partial charge is 0.305 e. The fraction of sp³-hybridized carbons (Fsp3) is 0.429. The normalized spacial score (nSPS) is 10.8. The fourth-order valence-electron chi connectivity index (χ4n) is 1.78. The maximum absolute atomic E-state index is 4.30. The van der Waals surface area contributed by atoms with Crippen molar-refractivity contribution in [3.05, 3.63) is 29.8 Å². The van der Waals surface area contributed by atoms with Crippen LogP contribution in [0.2, 0.25) is 0 Å². The summed E-state index contributed by atoms with van der Waals surface area (Å²) in [6.07, 6.45) is 2.44. The Labute approximate surface area is 113 Å². The Morgan fingerprint density at radius 1 is 1.28 bits per heavy atom. The molecule has 0 bridgehead atoms. The molecule has 2 aromatic rings. The summed E-state index contributed by atoms with van der Waals surface area (Å²) in [5.41, 5.74) is 2.38. The number of aromatic nitrogens is 3. The maximum atomic E-state index is 4.30. The van der Waals surface area contributed by atoms with Crippen LogP contribution in [-0.4, -0.2) is 20.5 Å². The second-order valence-electron chi connectivity index (χ2n) is 4.44. The molecule has 0 aliphatic heterocycles. The third-order valence-electron chi connectivity index (χ3n) is 2.84. The van der Waals surface area contributed by atoms with Gasteiger partial charge in [0, 0.05) is 18.4 Å². The number of hydrogen-bond donors (Lipinski definition) is 0. The molecule has 3 nitrogen and oxygen atoms in total. The molecular weight excluding hydrogens is 242 g/mol. The molecule has 18 heavy (non-hydrogen) atoms. The van der Waals surface area contributed by atoms with Gasteiger partial charge in [0.05, 0.1) is 0 Å². The van der Waals surface area contributed by atoms with Crippen LogP contribution < -0.4 is 0 Å². The Morgan fingerprint density at radius 2 is 2.11 bits per heavy atom. The van der Waals surface area contributed by atoms with Crippen molar-refractivity contribution in [1.29, 1.82) is 0 Å². The molecule has 0 aliphatic rings. The van der Waals surface area contributed by atoms with Gasteiger partial charge in [-0.2, -0.15) is 0 Å². The molecule has 0 atom stereocenters. The van der Waals surface area contributed by atoms with Crippen molar-refractivity contribution in [2.24, 2.45) is 7.05 Å². The number of thioether (sulfide) groups is 1. The summed E-state index contributed by atoms with van der Waals surface area (Å²) in [5.74, 6) is 2.05. The van der Waals surface area contributed by atoms with Gasteiger partial charge in [-0.3, -0.25) is 0 Å². The fourth-order valence-corrected chi connectivity index (χ4v) is 2.78. The molecule has 0 N–H and O–H groups in total. The molecule has 2 rings (SSSR count). The van der Waals surface area contributed by atoms with Crippen LogP contribution >= 0.6 is 11.8 Å². The van der Waals surface area contributed by atoms with Crippen molar-refractivity contribution in [3.8, 4) is 11.4 Å². The van der Waals surface area contributed by atoms with E-state index < -0.39 is 0 Å². The van der Waals surface area contributed by atoms with Gasteiger partial charge < -0.3 is 4.57 Å². The first-order valence-corrected chi connectivity index (χ1v) is 7.30. The highest BCUT2D eigenvalue weighted by molar-refractivity contribution is 7.99. The number of hydrogen-bond acceptors (Lipinski definition) is 3. The van der Waals surface area contributed by atoms with Crippen molar-refractivity contribution in [2.75, 3.05) is 5.75 Å². The summed E-state index contributed by atoms with van der Waals surface area (Å²) in [7, 11) is 2.03. The van der Waals surface area contributed by atoms with E-state index in [0.717, 1.165) is 22.3 Å². The van der Waals surface area contributed by atoms with Gasteiger partial charge in [0.2, 0.25) is 0 Å². The molecule has 96 valence electrons. The van der Waals surface area contributed by atoms with Crippen LogP contribution in [-0.2, 0) is 7.05 Å². The lowest BCUT2D eigenvalue weighted by molar-refractivity contribution is 0.790. The lowest BCUT2D eigenvalue weighted by Gasteiger charge is -2.04. The molecule has 0 aliphatic carbocycles. The number of rotatable bonds is 5. The van der Waals surface area contributed by atoms with Gasteiger partial charge >= 0.3 is 0 Å². The van der Waals surface area contributed by atoms with Gasteiger partial charge in [-0.1, -0.05) is 48.9 Å². The molecule has 0 spiro atoms. The van der Waals surface area contributed by atoms with E-state index in [-0.39, 0.29) is 0 Å². The van der Waals surface area contributed by atoms with Gasteiger partial charge in [-0.05, 0) is 19.4 Å². The monoisotopic (exact) mass is 261 g/mol. The number of benzene rings is 1. The van der Waals surface area contributed by atoms with Crippen molar-refractivity contribution in [2.45, 2.75) is 31.8 Å². The van der Waals surface area contributed by atoms with E-state index >= 15 is 0 Å². The standard InChI is InChI=1S/C14H19N3S/c1-4-5-9-18-14-16-15-13(17(14)3)12-8-6-7-11(2)10-12/h6-8,10H,4-5,9H2,1-3H3. The SMILES string of the molecule is CCCCSc1nnc(-c2cccc(C)c2)n1C. The first-order valence-electron chi connectivity index (χ1n) is 6.31. The maximum Gasteiger partial charge on any atom is 0.191 e. The molecule has 0 radical (unpaired) electrons. The molecular formula is C14H19N3S. The summed E-state index contributed by atoms with van der Waals surface area (Å²) in [6.45, 7) is 4.30. The van der Waals surface area contributed by atoms with E-state index in [4.69, 9.17) is 0 Å². The van der Waals surface area contributed by atoms with Crippen molar-refractivity contribution in [1.82, 2.24) is 14.8 Å². The zero-order valence-electron chi connectivity index (χ0n) is 11.2. The van der Waals surface area contributed by atoms with Crippen molar-refractivity contribution < 1.29 is 0 Å². The smallest absolute Gasteiger partial charge is 0.191 e. The molecule has 1 aromatic carbocycles. The van der Waals surface area contributed by atoms with E-state index in [9.17, 15) is 0 Å². The molecule has 1 aromatic heterocycles. The van der Waals surface area contributed by atoms with Gasteiger partial charge in [0.25, 0.3) is 0 Å². The first kappa shape index (κ1) is 13.1. The van der Waals surface area contributed by atoms with E-state index in [0.29, 0.717) is 0 Å². The van der Waals surface area contributed by atoms with E-state index in [1.165, 1.54) is 18.4 Å². The first-order chi connectivity index (χ1) is 8.72. The Bertz CT molecular complexity index is 520. The summed E-state index contributed by atoms with van der Waals surface area (Å²) >= 11 is 1.78. The van der Waals surface area contributed by atoms with Crippen molar-refractivity contribution >= 4 is 11.8 Å². The average molecular weight is 261 g/mol. The van der Waals surface area contributed by atoms with Crippen LogP contribution in [0.15, 0.2) is 29.4 Å². The molecule has 0 amide bonds. The van der Waals surface area contributed by atoms with Gasteiger partial charge in [-0.25, -0.2) is 0 Å². The topological polar surface area (TPSA) is 30.7 Å². The highest BCUT2D eigenvalue weighted by Gasteiger charge is 2.10. The number of unbranched alkanes of at least 4 members (excludes halogenated alkanes) is 1. The highest BCUT2D eigenvalue weighted by atomic mass is 32.2. The molecule has 0 fully saturated rings. The van der Waals surface area contributed by atoms with E-state index in [1.54, 1.807) is 11.8 Å². The van der Waals surface area contributed by atoms with Crippen LogP contribution in [0.25, 0.3) is 11.4 Å². The molecule has 0 unspecified atom stereocenters. The third-order valence-corrected chi connectivity index (χ3v) is 3.95. The van der Waals surface area contributed by atoms with Crippen LogP contribution in [0.3, 0.4) is 0 Å². The second kappa shape index (κ2) is 6.05. The van der Waals surface area contributed by atoms with Crippen LogP contribution in [0.4, 0.5) is 0 Å². The minimum Gasteiger partial charge on any atom is -0.305 e. The van der Waals surface area contributed by atoms with E-state index in [1.807, 2.05) is 7.05 Å². The van der Waals surface area contributed by atoms with Crippen LogP contribution in [0.1, 0.15) is 25.3 Å².